The Labute approximate surface area is 107 Å². The van der Waals surface area contributed by atoms with E-state index < -0.39 is 10.2 Å². The third-order valence-electron chi connectivity index (χ3n) is 2.74. The molecular formula is C11H17N3O3S. The molecule has 4 N–H and O–H groups in total. The topological polar surface area (TPSA) is 93.5 Å². The average Bonchev–Trinajstić information content (AvgIpc) is 2.22. The van der Waals surface area contributed by atoms with Gasteiger partial charge >= 0.3 is 0 Å². The van der Waals surface area contributed by atoms with Gasteiger partial charge in [-0.2, -0.15) is 8.42 Å². The lowest BCUT2D eigenvalue weighted by Crippen LogP contribution is -2.45. The third-order valence-corrected chi connectivity index (χ3v) is 3.26. The van der Waals surface area contributed by atoms with Crippen LogP contribution < -0.4 is 15.2 Å². The predicted molar refractivity (Wildman–Crippen MR) is 70.6 cm³/mol. The van der Waals surface area contributed by atoms with Crippen LogP contribution in [0.4, 0.5) is 11.4 Å². The van der Waals surface area contributed by atoms with Gasteiger partial charge in [-0.25, -0.2) is 5.14 Å². The molecule has 1 heterocycles. The van der Waals surface area contributed by atoms with Crippen LogP contribution >= 0.6 is 0 Å². The van der Waals surface area contributed by atoms with Crippen LogP contribution in [0.15, 0.2) is 24.3 Å². The van der Waals surface area contributed by atoms with Crippen molar-refractivity contribution in [2.24, 2.45) is 10.6 Å². The van der Waals surface area contributed by atoms with Gasteiger partial charge < -0.3 is 10.1 Å². The summed E-state index contributed by atoms with van der Waals surface area (Å²) in [5.41, 5.74) is 1.44. The first-order chi connectivity index (χ1) is 8.36. The molecule has 0 aromatic heterocycles. The fraction of sp³-hybridized carbons (Fsp3) is 0.455. The molecule has 1 aromatic rings. The maximum absolute atomic E-state index is 10.9. The SMILES string of the molecule is CC1(CNc2cccc(NS(N)(=O)=O)c2)COC1. The van der Waals surface area contributed by atoms with Crippen molar-refractivity contribution in [1.29, 1.82) is 0 Å². The molecule has 1 saturated heterocycles. The molecule has 0 unspecified atom stereocenters. The Kier molecular flexibility index (Phi) is 3.47. The second kappa shape index (κ2) is 4.75. The van der Waals surface area contributed by atoms with E-state index in [0.29, 0.717) is 5.69 Å². The van der Waals surface area contributed by atoms with Crippen LogP contribution in [0.1, 0.15) is 6.92 Å². The van der Waals surface area contributed by atoms with Gasteiger partial charge in [0, 0.05) is 17.6 Å². The van der Waals surface area contributed by atoms with E-state index in [1.54, 1.807) is 18.2 Å². The van der Waals surface area contributed by atoms with Gasteiger partial charge in [-0.15, -0.1) is 0 Å². The minimum atomic E-state index is -3.73. The van der Waals surface area contributed by atoms with E-state index in [1.807, 2.05) is 6.07 Å². The lowest BCUT2D eigenvalue weighted by molar-refractivity contribution is -0.0924. The summed E-state index contributed by atoms with van der Waals surface area (Å²) in [5.74, 6) is 0. The normalized spacial score (nSPS) is 17.9. The number of hydrogen-bond donors (Lipinski definition) is 3. The highest BCUT2D eigenvalue weighted by Gasteiger charge is 2.32. The number of rotatable bonds is 5. The van der Waals surface area contributed by atoms with Crippen LogP contribution in [0.5, 0.6) is 0 Å². The van der Waals surface area contributed by atoms with Crippen molar-refractivity contribution in [3.05, 3.63) is 24.3 Å². The summed E-state index contributed by atoms with van der Waals surface area (Å²) < 4.78 is 29.2. The summed E-state index contributed by atoms with van der Waals surface area (Å²) in [6.07, 6.45) is 0. The van der Waals surface area contributed by atoms with Crippen LogP contribution in [0.25, 0.3) is 0 Å². The van der Waals surface area contributed by atoms with E-state index in [2.05, 4.69) is 17.0 Å². The van der Waals surface area contributed by atoms with Crippen molar-refractivity contribution in [3.63, 3.8) is 0 Å². The highest BCUT2D eigenvalue weighted by atomic mass is 32.2. The Balaban J connectivity index is 1.98. The predicted octanol–water partition coefficient (Wildman–Crippen LogP) is 0.750. The number of anilines is 2. The van der Waals surface area contributed by atoms with Gasteiger partial charge in [0.2, 0.25) is 0 Å². The van der Waals surface area contributed by atoms with Crippen LogP contribution in [-0.4, -0.2) is 28.2 Å². The zero-order valence-corrected chi connectivity index (χ0v) is 11.0. The summed E-state index contributed by atoms with van der Waals surface area (Å²) in [4.78, 5) is 0. The van der Waals surface area contributed by atoms with E-state index in [0.717, 1.165) is 25.4 Å². The first-order valence-electron chi connectivity index (χ1n) is 5.59. The highest BCUT2D eigenvalue weighted by molar-refractivity contribution is 7.90. The maximum atomic E-state index is 10.9. The molecule has 1 fully saturated rings. The average molecular weight is 271 g/mol. The molecule has 1 aliphatic rings. The van der Waals surface area contributed by atoms with Crippen molar-refractivity contribution < 1.29 is 13.2 Å². The summed E-state index contributed by atoms with van der Waals surface area (Å²) in [5, 5.41) is 8.17. The van der Waals surface area contributed by atoms with E-state index in [-0.39, 0.29) is 5.41 Å². The Bertz CT molecular complexity index is 526. The molecule has 7 heteroatoms. The van der Waals surface area contributed by atoms with E-state index in [9.17, 15) is 8.42 Å². The Hall–Kier alpha value is -1.31. The van der Waals surface area contributed by atoms with Crippen molar-refractivity contribution >= 4 is 21.6 Å². The van der Waals surface area contributed by atoms with Crippen molar-refractivity contribution in [2.75, 3.05) is 29.8 Å². The van der Waals surface area contributed by atoms with Crippen LogP contribution in [0.2, 0.25) is 0 Å². The zero-order chi connectivity index (χ0) is 13.2. The smallest absolute Gasteiger partial charge is 0.296 e. The molecule has 1 aliphatic heterocycles. The van der Waals surface area contributed by atoms with Gasteiger partial charge in [0.1, 0.15) is 0 Å². The molecule has 0 saturated carbocycles. The van der Waals surface area contributed by atoms with Gasteiger partial charge in [-0.3, -0.25) is 4.72 Å². The first kappa shape index (κ1) is 13.1. The minimum absolute atomic E-state index is 0.156. The van der Waals surface area contributed by atoms with Gasteiger partial charge in [0.25, 0.3) is 10.2 Å². The molecule has 0 amide bonds. The monoisotopic (exact) mass is 271 g/mol. The van der Waals surface area contributed by atoms with E-state index >= 15 is 0 Å². The van der Waals surface area contributed by atoms with Gasteiger partial charge in [-0.1, -0.05) is 13.0 Å². The second-order valence-corrected chi connectivity index (χ2v) is 6.18. The van der Waals surface area contributed by atoms with E-state index in [4.69, 9.17) is 9.88 Å². The Morgan fingerprint density at radius 2 is 2.06 bits per heavy atom. The minimum Gasteiger partial charge on any atom is -0.384 e. The molecule has 100 valence electrons. The molecule has 6 nitrogen and oxygen atoms in total. The molecular weight excluding hydrogens is 254 g/mol. The lowest BCUT2D eigenvalue weighted by atomic mass is 9.89. The van der Waals surface area contributed by atoms with Gasteiger partial charge in [0.15, 0.2) is 0 Å². The van der Waals surface area contributed by atoms with Gasteiger partial charge in [0.05, 0.1) is 18.9 Å². The standard InChI is InChI=1S/C11H17N3O3S/c1-11(7-17-8-11)6-13-9-3-2-4-10(5-9)14-18(12,15)16/h2-5,13-14H,6-8H2,1H3,(H2,12,15,16). The summed E-state index contributed by atoms with van der Waals surface area (Å²) >= 11 is 0. The quantitative estimate of drug-likeness (QED) is 0.736. The Morgan fingerprint density at radius 1 is 1.39 bits per heavy atom. The molecule has 0 bridgehead atoms. The molecule has 1 aromatic carbocycles. The highest BCUT2D eigenvalue weighted by Crippen LogP contribution is 2.27. The fourth-order valence-corrected chi connectivity index (χ4v) is 2.18. The van der Waals surface area contributed by atoms with Crippen LogP contribution in [0, 0.1) is 5.41 Å². The fourth-order valence-electron chi connectivity index (χ4n) is 1.72. The summed E-state index contributed by atoms with van der Waals surface area (Å²) in [7, 11) is -3.73. The number of benzene rings is 1. The van der Waals surface area contributed by atoms with Crippen molar-refractivity contribution in [1.82, 2.24) is 0 Å². The largest absolute Gasteiger partial charge is 0.384 e. The molecule has 18 heavy (non-hydrogen) atoms. The molecule has 0 aliphatic carbocycles. The first-order valence-corrected chi connectivity index (χ1v) is 7.13. The number of hydrogen-bond acceptors (Lipinski definition) is 4. The van der Waals surface area contributed by atoms with E-state index in [1.165, 1.54) is 0 Å². The molecule has 2 rings (SSSR count). The van der Waals surface area contributed by atoms with Crippen molar-refractivity contribution in [3.8, 4) is 0 Å². The number of ether oxygens (including phenoxy) is 1. The maximum Gasteiger partial charge on any atom is 0.296 e. The second-order valence-electron chi connectivity index (χ2n) is 4.88. The van der Waals surface area contributed by atoms with Crippen molar-refractivity contribution in [2.45, 2.75) is 6.92 Å². The van der Waals surface area contributed by atoms with Crippen LogP contribution in [-0.2, 0) is 14.9 Å². The van der Waals surface area contributed by atoms with Gasteiger partial charge in [-0.05, 0) is 18.2 Å². The zero-order valence-electron chi connectivity index (χ0n) is 10.1. The lowest BCUT2D eigenvalue weighted by Gasteiger charge is -2.38. The van der Waals surface area contributed by atoms with Crippen LogP contribution in [0.3, 0.4) is 0 Å². The number of nitrogens with one attached hydrogen (secondary N) is 2. The molecule has 0 radical (unpaired) electrons. The summed E-state index contributed by atoms with van der Waals surface area (Å²) in [6.45, 7) is 4.41. The third kappa shape index (κ3) is 3.59. The number of nitrogens with two attached hydrogens (primary N) is 1. The molecule has 0 atom stereocenters. The molecule has 0 spiro atoms. The Morgan fingerprint density at radius 3 is 2.61 bits per heavy atom. The summed E-state index contributed by atoms with van der Waals surface area (Å²) in [6, 6.07) is 6.98.